The average molecular weight is 364 g/mol. The summed E-state index contributed by atoms with van der Waals surface area (Å²) in [5, 5.41) is 6.24. The first-order valence-electron chi connectivity index (χ1n) is 7.85. The zero-order valence-electron chi connectivity index (χ0n) is 14.0. The van der Waals surface area contributed by atoms with Crippen LogP contribution in [0.3, 0.4) is 0 Å². The molecular weight excluding hydrogens is 348 g/mol. The summed E-state index contributed by atoms with van der Waals surface area (Å²) < 4.78 is 0. The Balaban J connectivity index is 1.71. The molecule has 2 amide bonds. The van der Waals surface area contributed by atoms with E-state index in [0.29, 0.717) is 16.4 Å². The number of hydrazone groups is 1. The van der Waals surface area contributed by atoms with Gasteiger partial charge in [-0.05, 0) is 24.3 Å². The van der Waals surface area contributed by atoms with Gasteiger partial charge in [0.2, 0.25) is 5.91 Å². The van der Waals surface area contributed by atoms with E-state index in [1.54, 1.807) is 29.6 Å². The first-order valence-corrected chi connectivity index (χ1v) is 8.73. The number of hydrogen-bond acceptors (Lipinski definition) is 5. The molecule has 0 aliphatic carbocycles. The lowest BCUT2D eigenvalue weighted by molar-refractivity contribution is -0.115. The lowest BCUT2D eigenvalue weighted by Crippen LogP contribution is -2.22. The van der Waals surface area contributed by atoms with Crippen LogP contribution < -0.4 is 10.3 Å². The second kappa shape index (κ2) is 8.17. The third-order valence-corrected chi connectivity index (χ3v) is 4.27. The van der Waals surface area contributed by atoms with Crippen LogP contribution in [0.2, 0.25) is 0 Å². The number of carbonyl (C=O) groups excluding carboxylic acids is 2. The van der Waals surface area contributed by atoms with Gasteiger partial charge in [0.15, 0.2) is 5.13 Å². The second-order valence-electron chi connectivity index (χ2n) is 5.31. The molecule has 0 bridgehead atoms. The van der Waals surface area contributed by atoms with Gasteiger partial charge >= 0.3 is 0 Å². The third kappa shape index (κ3) is 4.20. The first kappa shape index (κ1) is 17.5. The zero-order valence-corrected chi connectivity index (χ0v) is 14.8. The van der Waals surface area contributed by atoms with Crippen molar-refractivity contribution in [1.29, 1.82) is 0 Å². The van der Waals surface area contributed by atoms with Gasteiger partial charge in [-0.3, -0.25) is 14.5 Å². The highest BCUT2D eigenvalue weighted by molar-refractivity contribution is 7.14. The van der Waals surface area contributed by atoms with E-state index in [2.05, 4.69) is 15.5 Å². The van der Waals surface area contributed by atoms with Crippen molar-refractivity contribution < 1.29 is 9.59 Å². The normalized spacial score (nSPS) is 10.7. The van der Waals surface area contributed by atoms with Crippen molar-refractivity contribution in [2.24, 2.45) is 5.10 Å². The summed E-state index contributed by atoms with van der Waals surface area (Å²) in [4.78, 5) is 29.9. The predicted molar refractivity (Wildman–Crippen MR) is 103 cm³/mol. The van der Waals surface area contributed by atoms with Crippen molar-refractivity contribution >= 4 is 40.2 Å². The summed E-state index contributed by atoms with van der Waals surface area (Å²) in [6.07, 6.45) is 1.45. The molecule has 0 radical (unpaired) electrons. The monoisotopic (exact) mass is 364 g/mol. The van der Waals surface area contributed by atoms with E-state index in [0.717, 1.165) is 5.69 Å². The third-order valence-electron chi connectivity index (χ3n) is 3.43. The molecule has 0 fully saturated rings. The van der Waals surface area contributed by atoms with Crippen LogP contribution in [-0.2, 0) is 4.79 Å². The number of aromatic nitrogens is 1. The minimum atomic E-state index is -0.299. The molecule has 1 N–H and O–H groups in total. The molecule has 130 valence electrons. The van der Waals surface area contributed by atoms with E-state index in [1.165, 1.54) is 29.4 Å². The molecule has 3 aromatic rings. The maximum absolute atomic E-state index is 12.0. The molecule has 26 heavy (non-hydrogen) atoms. The highest BCUT2D eigenvalue weighted by atomic mass is 32.1. The number of carbonyl (C=O) groups is 2. The van der Waals surface area contributed by atoms with E-state index >= 15 is 0 Å². The molecule has 0 atom stereocenters. The van der Waals surface area contributed by atoms with Crippen molar-refractivity contribution in [2.75, 3.05) is 4.90 Å². The van der Waals surface area contributed by atoms with Gasteiger partial charge in [-0.1, -0.05) is 36.4 Å². The maximum atomic E-state index is 12.0. The molecule has 0 spiro atoms. The van der Waals surface area contributed by atoms with Gasteiger partial charge in [-0.15, -0.1) is 11.3 Å². The summed E-state index contributed by atoms with van der Waals surface area (Å²) in [6.45, 7) is 1.49. The number of para-hydroxylation sites is 1. The van der Waals surface area contributed by atoms with Gasteiger partial charge in [-0.2, -0.15) is 5.10 Å². The van der Waals surface area contributed by atoms with Gasteiger partial charge < -0.3 is 0 Å². The van der Waals surface area contributed by atoms with E-state index in [9.17, 15) is 9.59 Å². The highest BCUT2D eigenvalue weighted by Gasteiger charge is 2.17. The fourth-order valence-corrected chi connectivity index (χ4v) is 3.09. The summed E-state index contributed by atoms with van der Waals surface area (Å²) in [5.41, 5.74) is 4.28. The number of benzene rings is 2. The summed E-state index contributed by atoms with van der Waals surface area (Å²) in [7, 11) is 0. The fraction of sp³-hybridized carbons (Fsp3) is 0.0526. The molecule has 0 saturated carbocycles. The van der Waals surface area contributed by atoms with Crippen LogP contribution in [0.15, 0.2) is 71.1 Å². The lowest BCUT2D eigenvalue weighted by atomic mass is 10.2. The van der Waals surface area contributed by atoms with Crippen molar-refractivity contribution in [1.82, 2.24) is 10.4 Å². The van der Waals surface area contributed by atoms with Crippen LogP contribution in [-0.4, -0.2) is 23.0 Å². The van der Waals surface area contributed by atoms with Gasteiger partial charge in [0.1, 0.15) is 0 Å². The molecule has 0 aliphatic heterocycles. The van der Waals surface area contributed by atoms with Gasteiger partial charge in [0.25, 0.3) is 5.91 Å². The zero-order chi connectivity index (χ0) is 18.4. The summed E-state index contributed by atoms with van der Waals surface area (Å²) in [6, 6.07) is 18.1. The maximum Gasteiger partial charge on any atom is 0.271 e. The first-order chi connectivity index (χ1) is 12.6. The lowest BCUT2D eigenvalue weighted by Gasteiger charge is -2.17. The molecule has 2 aromatic carbocycles. The van der Waals surface area contributed by atoms with Crippen molar-refractivity contribution in [3.8, 4) is 0 Å². The molecule has 0 unspecified atom stereocenters. The number of nitrogens with zero attached hydrogens (tertiary/aromatic N) is 3. The van der Waals surface area contributed by atoms with Crippen LogP contribution in [0.25, 0.3) is 0 Å². The van der Waals surface area contributed by atoms with Crippen molar-refractivity contribution in [2.45, 2.75) is 6.92 Å². The Morgan fingerprint density at radius 1 is 1.08 bits per heavy atom. The Morgan fingerprint density at radius 2 is 1.73 bits per heavy atom. The summed E-state index contributed by atoms with van der Waals surface area (Å²) in [5.74, 6) is -0.432. The van der Waals surface area contributed by atoms with E-state index in [1.807, 2.05) is 36.4 Å². The number of rotatable bonds is 5. The number of amides is 2. The smallest absolute Gasteiger partial charge is 0.271 e. The number of nitrogens with one attached hydrogen (secondary N) is 1. The minimum absolute atomic E-state index is 0.133. The Morgan fingerprint density at radius 3 is 2.38 bits per heavy atom. The quantitative estimate of drug-likeness (QED) is 0.555. The number of anilines is 2. The Kier molecular flexibility index (Phi) is 5.50. The minimum Gasteiger partial charge on any atom is -0.274 e. The number of hydrogen-bond donors (Lipinski definition) is 1. The van der Waals surface area contributed by atoms with E-state index in [4.69, 9.17) is 0 Å². The van der Waals surface area contributed by atoms with Crippen molar-refractivity contribution in [3.63, 3.8) is 0 Å². The Bertz CT molecular complexity index is 923. The van der Waals surface area contributed by atoms with Crippen LogP contribution in [0.5, 0.6) is 0 Å². The summed E-state index contributed by atoms with van der Waals surface area (Å²) >= 11 is 1.33. The Labute approximate surface area is 154 Å². The average Bonchev–Trinajstić information content (AvgIpc) is 3.11. The Hall–Kier alpha value is -3.32. The van der Waals surface area contributed by atoms with E-state index in [-0.39, 0.29) is 11.8 Å². The second-order valence-corrected chi connectivity index (χ2v) is 6.15. The standard InChI is InChI=1S/C19H16N4O2S/c1-14(24)23(17-10-6-3-7-11-17)19-21-16(13-26-19)12-20-22-18(25)15-8-4-2-5-9-15/h2-13H,1H3,(H,22,25)/b20-12-. The highest BCUT2D eigenvalue weighted by Crippen LogP contribution is 2.28. The fourth-order valence-electron chi connectivity index (χ4n) is 2.25. The molecular formula is C19H16N4O2S. The predicted octanol–water partition coefficient (Wildman–Crippen LogP) is 3.59. The largest absolute Gasteiger partial charge is 0.274 e. The molecule has 3 rings (SSSR count). The number of thiazole rings is 1. The van der Waals surface area contributed by atoms with Crippen LogP contribution >= 0.6 is 11.3 Å². The van der Waals surface area contributed by atoms with Gasteiger partial charge in [0, 0.05) is 17.9 Å². The van der Waals surface area contributed by atoms with Crippen LogP contribution in [0.1, 0.15) is 23.0 Å². The molecule has 0 saturated heterocycles. The molecule has 1 heterocycles. The van der Waals surface area contributed by atoms with E-state index < -0.39 is 0 Å². The molecule has 1 aromatic heterocycles. The molecule has 0 aliphatic rings. The topological polar surface area (TPSA) is 74.7 Å². The van der Waals surface area contributed by atoms with Crippen LogP contribution in [0.4, 0.5) is 10.8 Å². The van der Waals surface area contributed by atoms with Crippen molar-refractivity contribution in [3.05, 3.63) is 77.3 Å². The molecule has 6 nitrogen and oxygen atoms in total. The SMILES string of the molecule is CC(=O)N(c1ccccc1)c1nc(/C=N\NC(=O)c2ccccc2)cs1. The molecule has 7 heteroatoms. The van der Waals surface area contributed by atoms with Gasteiger partial charge in [0.05, 0.1) is 17.6 Å². The van der Waals surface area contributed by atoms with Crippen LogP contribution in [0, 0.1) is 0 Å². The van der Waals surface area contributed by atoms with Gasteiger partial charge in [-0.25, -0.2) is 10.4 Å².